The van der Waals surface area contributed by atoms with E-state index in [0.717, 1.165) is 12.8 Å². The van der Waals surface area contributed by atoms with Gasteiger partial charge in [-0.2, -0.15) is 4.98 Å². The zero-order valence-corrected chi connectivity index (χ0v) is 10.6. The van der Waals surface area contributed by atoms with Gasteiger partial charge < -0.3 is 9.26 Å². The molecule has 1 saturated carbocycles. The highest BCUT2D eigenvalue weighted by Gasteiger charge is 2.29. The number of aromatic nitrogens is 2. The van der Waals surface area contributed by atoms with Crippen LogP contribution in [0.4, 0.5) is 0 Å². The van der Waals surface area contributed by atoms with Crippen molar-refractivity contribution in [3.8, 4) is 5.75 Å². The zero-order chi connectivity index (χ0) is 13.2. The summed E-state index contributed by atoms with van der Waals surface area (Å²) in [7, 11) is 0. The van der Waals surface area contributed by atoms with Crippen molar-refractivity contribution in [3.63, 3.8) is 0 Å². The van der Waals surface area contributed by atoms with Crippen LogP contribution in [-0.4, -0.2) is 15.9 Å². The Morgan fingerprint density at radius 2 is 2.21 bits per heavy atom. The van der Waals surface area contributed by atoms with E-state index in [-0.39, 0.29) is 12.4 Å². The molecule has 19 heavy (non-hydrogen) atoms. The molecule has 0 amide bonds. The highest BCUT2D eigenvalue weighted by atomic mass is 16.5. The van der Waals surface area contributed by atoms with Crippen molar-refractivity contribution in [3.05, 3.63) is 41.5 Å². The Kier molecular flexibility index (Phi) is 3.03. The van der Waals surface area contributed by atoms with E-state index in [2.05, 4.69) is 10.1 Å². The number of carbonyl (C=O) groups is 1. The lowest BCUT2D eigenvalue weighted by molar-refractivity contribution is 0.101. The Bertz CT molecular complexity index is 602. The van der Waals surface area contributed by atoms with Gasteiger partial charge in [0.25, 0.3) is 0 Å². The molecule has 98 valence electrons. The molecule has 1 fully saturated rings. The average molecular weight is 258 g/mol. The lowest BCUT2D eigenvalue weighted by Gasteiger charge is -2.07. The van der Waals surface area contributed by atoms with Crippen molar-refractivity contribution < 1.29 is 14.1 Å². The molecule has 1 heterocycles. The fourth-order valence-corrected chi connectivity index (χ4v) is 1.85. The number of nitrogens with zero attached hydrogens (tertiary/aromatic N) is 2. The number of ketones is 1. The van der Waals surface area contributed by atoms with Gasteiger partial charge in [0, 0.05) is 5.92 Å². The van der Waals surface area contributed by atoms with Crippen LogP contribution in [0.3, 0.4) is 0 Å². The first-order valence-electron chi connectivity index (χ1n) is 6.29. The summed E-state index contributed by atoms with van der Waals surface area (Å²) in [6.45, 7) is 1.72. The number of hydrogen-bond acceptors (Lipinski definition) is 5. The average Bonchev–Trinajstić information content (AvgIpc) is 3.16. The molecule has 0 aliphatic heterocycles. The fraction of sp³-hybridized carbons (Fsp3) is 0.357. The molecule has 2 aromatic rings. The van der Waals surface area contributed by atoms with E-state index in [1.165, 1.54) is 6.92 Å². The fourth-order valence-electron chi connectivity index (χ4n) is 1.85. The molecule has 1 aromatic heterocycles. The molecule has 1 aromatic carbocycles. The minimum Gasteiger partial charge on any atom is -0.485 e. The molecular weight excluding hydrogens is 244 g/mol. The SMILES string of the molecule is CC(=O)c1ccccc1OCc1noc(C2CC2)n1. The van der Waals surface area contributed by atoms with Crippen LogP contribution in [0.25, 0.3) is 0 Å². The van der Waals surface area contributed by atoms with E-state index in [0.29, 0.717) is 28.9 Å². The van der Waals surface area contributed by atoms with Gasteiger partial charge in [-0.3, -0.25) is 4.79 Å². The van der Waals surface area contributed by atoms with Gasteiger partial charge in [-0.15, -0.1) is 0 Å². The number of para-hydroxylation sites is 1. The maximum absolute atomic E-state index is 11.4. The van der Waals surface area contributed by atoms with E-state index >= 15 is 0 Å². The molecule has 0 radical (unpaired) electrons. The zero-order valence-electron chi connectivity index (χ0n) is 10.6. The van der Waals surface area contributed by atoms with Crippen LogP contribution in [0.1, 0.15) is 47.8 Å². The van der Waals surface area contributed by atoms with Crippen molar-refractivity contribution in [2.75, 3.05) is 0 Å². The molecule has 1 aliphatic rings. The topological polar surface area (TPSA) is 65.2 Å². The molecule has 5 nitrogen and oxygen atoms in total. The molecule has 1 aliphatic carbocycles. The lowest BCUT2D eigenvalue weighted by atomic mass is 10.1. The Morgan fingerprint density at radius 3 is 2.95 bits per heavy atom. The van der Waals surface area contributed by atoms with Crippen LogP contribution in [-0.2, 0) is 6.61 Å². The molecule has 0 unspecified atom stereocenters. The van der Waals surface area contributed by atoms with E-state index in [1.54, 1.807) is 12.1 Å². The lowest BCUT2D eigenvalue weighted by Crippen LogP contribution is -2.02. The maximum Gasteiger partial charge on any atom is 0.229 e. The summed E-state index contributed by atoms with van der Waals surface area (Å²) in [6.07, 6.45) is 2.24. The quantitative estimate of drug-likeness (QED) is 0.771. The summed E-state index contributed by atoms with van der Waals surface area (Å²) in [5.74, 6) is 2.17. The van der Waals surface area contributed by atoms with Crippen LogP contribution < -0.4 is 4.74 Å². The van der Waals surface area contributed by atoms with Crippen LogP contribution in [0.15, 0.2) is 28.8 Å². The van der Waals surface area contributed by atoms with E-state index in [4.69, 9.17) is 9.26 Å². The molecule has 0 saturated heterocycles. The highest BCUT2D eigenvalue weighted by molar-refractivity contribution is 5.96. The first kappa shape index (κ1) is 11.9. The summed E-state index contributed by atoms with van der Waals surface area (Å²) in [6, 6.07) is 7.14. The summed E-state index contributed by atoms with van der Waals surface area (Å²) < 4.78 is 10.7. The Balaban J connectivity index is 1.69. The van der Waals surface area contributed by atoms with E-state index in [1.807, 2.05) is 12.1 Å². The summed E-state index contributed by atoms with van der Waals surface area (Å²) in [5.41, 5.74) is 0.563. The van der Waals surface area contributed by atoms with Gasteiger partial charge >= 0.3 is 0 Å². The van der Waals surface area contributed by atoms with E-state index in [9.17, 15) is 4.79 Å². The van der Waals surface area contributed by atoms with Crippen molar-refractivity contribution in [1.82, 2.24) is 10.1 Å². The minimum absolute atomic E-state index is 0.0256. The predicted octanol–water partition coefficient (Wildman–Crippen LogP) is 2.73. The molecule has 0 atom stereocenters. The first-order chi connectivity index (χ1) is 9.24. The standard InChI is InChI=1S/C14H14N2O3/c1-9(17)11-4-2-3-5-12(11)18-8-13-15-14(19-16-13)10-6-7-10/h2-5,10H,6-8H2,1H3. The summed E-state index contributed by atoms with van der Waals surface area (Å²) in [4.78, 5) is 15.7. The van der Waals surface area contributed by atoms with Gasteiger partial charge in [0.2, 0.25) is 11.7 Å². The minimum atomic E-state index is -0.0256. The first-order valence-corrected chi connectivity index (χ1v) is 6.29. The number of rotatable bonds is 5. The van der Waals surface area contributed by atoms with Crippen LogP contribution in [0, 0.1) is 0 Å². The summed E-state index contributed by atoms with van der Waals surface area (Å²) in [5, 5.41) is 3.87. The maximum atomic E-state index is 11.4. The van der Waals surface area contributed by atoms with Gasteiger partial charge in [0.1, 0.15) is 5.75 Å². The molecule has 0 spiro atoms. The number of benzene rings is 1. The van der Waals surface area contributed by atoms with Crippen LogP contribution >= 0.6 is 0 Å². The van der Waals surface area contributed by atoms with Gasteiger partial charge in [-0.05, 0) is 31.9 Å². The number of hydrogen-bond donors (Lipinski definition) is 0. The van der Waals surface area contributed by atoms with Crippen molar-refractivity contribution in [2.24, 2.45) is 0 Å². The van der Waals surface area contributed by atoms with Crippen molar-refractivity contribution in [1.29, 1.82) is 0 Å². The third kappa shape index (κ3) is 2.65. The van der Waals surface area contributed by atoms with Crippen LogP contribution in [0.2, 0.25) is 0 Å². The molecule has 3 rings (SSSR count). The second-order valence-corrected chi connectivity index (χ2v) is 4.66. The van der Waals surface area contributed by atoms with Gasteiger partial charge in [-0.25, -0.2) is 0 Å². The third-order valence-corrected chi connectivity index (χ3v) is 3.03. The van der Waals surface area contributed by atoms with Gasteiger partial charge in [-0.1, -0.05) is 17.3 Å². The number of Topliss-reactive ketones (excluding diaryl/α,β-unsaturated/α-hetero) is 1. The molecule has 5 heteroatoms. The van der Waals surface area contributed by atoms with Crippen molar-refractivity contribution in [2.45, 2.75) is 32.3 Å². The Hall–Kier alpha value is -2.17. The Labute approximate surface area is 110 Å². The molecular formula is C14H14N2O3. The normalized spacial score (nSPS) is 14.4. The summed E-state index contributed by atoms with van der Waals surface area (Å²) >= 11 is 0. The molecule has 0 N–H and O–H groups in total. The smallest absolute Gasteiger partial charge is 0.229 e. The number of ether oxygens (including phenoxy) is 1. The second kappa shape index (κ2) is 4.84. The van der Waals surface area contributed by atoms with Crippen molar-refractivity contribution >= 4 is 5.78 Å². The second-order valence-electron chi connectivity index (χ2n) is 4.66. The van der Waals surface area contributed by atoms with Gasteiger partial charge in [0.15, 0.2) is 12.4 Å². The number of carbonyl (C=O) groups excluding carboxylic acids is 1. The third-order valence-electron chi connectivity index (χ3n) is 3.03. The predicted molar refractivity (Wildman–Crippen MR) is 67.1 cm³/mol. The van der Waals surface area contributed by atoms with Crippen LogP contribution in [0.5, 0.6) is 5.75 Å². The monoisotopic (exact) mass is 258 g/mol. The highest BCUT2D eigenvalue weighted by Crippen LogP contribution is 2.38. The Morgan fingerprint density at radius 1 is 1.42 bits per heavy atom. The largest absolute Gasteiger partial charge is 0.485 e. The van der Waals surface area contributed by atoms with E-state index < -0.39 is 0 Å². The van der Waals surface area contributed by atoms with Gasteiger partial charge in [0.05, 0.1) is 5.56 Å². The molecule has 0 bridgehead atoms.